The average Bonchev–Trinajstić information content (AvgIpc) is 3.65. The van der Waals surface area contributed by atoms with Gasteiger partial charge in [-0.3, -0.25) is 9.59 Å². The summed E-state index contributed by atoms with van der Waals surface area (Å²) in [6.07, 6.45) is 4.99. The number of aromatic nitrogens is 1. The zero-order valence-electron chi connectivity index (χ0n) is 19.8. The lowest BCUT2D eigenvalue weighted by Gasteiger charge is -2.30. The first kappa shape index (κ1) is 22.3. The number of carbonyl (C=O) groups excluding carboxylic acids is 2. The molecule has 1 N–H and O–H groups in total. The van der Waals surface area contributed by atoms with Gasteiger partial charge >= 0.3 is 0 Å². The van der Waals surface area contributed by atoms with Gasteiger partial charge in [0, 0.05) is 30.1 Å². The van der Waals surface area contributed by atoms with Gasteiger partial charge in [0.15, 0.2) is 0 Å². The Bertz CT molecular complexity index is 1270. The molecule has 1 saturated heterocycles. The molecular weight excluding hydrogens is 458 g/mol. The highest BCUT2D eigenvalue weighted by Crippen LogP contribution is 2.43. The number of amides is 2. The molecule has 3 aromatic rings. The molecule has 6 nitrogen and oxygen atoms in total. The number of hydrogen-bond donors (Lipinski definition) is 1. The number of rotatable bonds is 5. The largest absolute Gasteiger partial charge is 0.493 e. The van der Waals surface area contributed by atoms with Crippen LogP contribution in [0, 0.1) is 12.8 Å². The molecule has 1 aliphatic carbocycles. The van der Waals surface area contributed by atoms with Crippen molar-refractivity contribution in [3.05, 3.63) is 70.4 Å². The van der Waals surface area contributed by atoms with Gasteiger partial charge in [0.05, 0.1) is 22.5 Å². The van der Waals surface area contributed by atoms with Crippen LogP contribution in [0.25, 0.3) is 10.4 Å². The number of ether oxygens (including phenoxy) is 1. The van der Waals surface area contributed by atoms with Crippen LogP contribution in [0.3, 0.4) is 0 Å². The summed E-state index contributed by atoms with van der Waals surface area (Å²) in [7, 11) is 0. The first-order valence-electron chi connectivity index (χ1n) is 12.5. The Hall–Kier alpha value is -3.19. The number of hydrogen-bond acceptors (Lipinski definition) is 5. The van der Waals surface area contributed by atoms with Gasteiger partial charge in [0.25, 0.3) is 11.8 Å². The summed E-state index contributed by atoms with van der Waals surface area (Å²) in [5, 5.41) is 4.03. The fourth-order valence-corrected chi connectivity index (χ4v) is 7.03. The van der Waals surface area contributed by atoms with Crippen molar-refractivity contribution in [1.82, 2.24) is 15.2 Å². The van der Waals surface area contributed by atoms with Crippen molar-refractivity contribution in [2.24, 2.45) is 5.92 Å². The summed E-state index contributed by atoms with van der Waals surface area (Å²) in [6, 6.07) is 15.9. The lowest BCUT2D eigenvalue weighted by Crippen LogP contribution is -2.46. The van der Waals surface area contributed by atoms with E-state index in [0.29, 0.717) is 30.3 Å². The first-order chi connectivity index (χ1) is 17.1. The zero-order chi connectivity index (χ0) is 23.9. The molecule has 0 unspecified atom stereocenters. The maximum Gasteiger partial charge on any atom is 0.274 e. The van der Waals surface area contributed by atoms with Gasteiger partial charge in [0.1, 0.15) is 11.4 Å². The Morgan fingerprint density at radius 3 is 2.86 bits per heavy atom. The second-order valence-corrected chi connectivity index (χ2v) is 10.9. The molecule has 180 valence electrons. The van der Waals surface area contributed by atoms with E-state index in [-0.39, 0.29) is 23.9 Å². The number of fused-ring (bicyclic) bond motifs is 2. The summed E-state index contributed by atoms with van der Waals surface area (Å²) in [5.74, 6) is 1.20. The molecule has 7 heteroatoms. The number of nitrogens with zero attached hydrogens (tertiary/aromatic N) is 2. The van der Waals surface area contributed by atoms with E-state index in [1.54, 1.807) is 11.3 Å². The molecule has 6 rings (SSSR count). The van der Waals surface area contributed by atoms with Crippen molar-refractivity contribution in [3.8, 4) is 16.2 Å². The molecule has 3 heterocycles. The minimum absolute atomic E-state index is 0.00384. The van der Waals surface area contributed by atoms with Crippen LogP contribution < -0.4 is 10.1 Å². The summed E-state index contributed by atoms with van der Waals surface area (Å²) >= 11 is 1.57. The van der Waals surface area contributed by atoms with Gasteiger partial charge in [-0.05, 0) is 49.8 Å². The van der Waals surface area contributed by atoms with Crippen molar-refractivity contribution in [2.45, 2.75) is 51.1 Å². The molecule has 0 spiro atoms. The minimum Gasteiger partial charge on any atom is -0.493 e. The van der Waals surface area contributed by atoms with E-state index in [1.807, 2.05) is 55.5 Å². The van der Waals surface area contributed by atoms with Crippen LogP contribution in [-0.2, 0) is 6.42 Å². The molecule has 3 aliphatic rings. The lowest BCUT2D eigenvalue weighted by atomic mass is 10.0. The SMILES string of the molecule is Cc1nc(C(=O)N2[C@H](CNC(=O)c3cccc4c3CCO4)C[C@@H]3CCC[C@@H]32)c(-c2ccccc2)s1. The highest BCUT2D eigenvalue weighted by atomic mass is 32.1. The predicted molar refractivity (Wildman–Crippen MR) is 136 cm³/mol. The first-order valence-corrected chi connectivity index (χ1v) is 13.3. The monoisotopic (exact) mass is 487 g/mol. The maximum absolute atomic E-state index is 14.0. The van der Waals surface area contributed by atoms with E-state index < -0.39 is 0 Å². The highest BCUT2D eigenvalue weighted by molar-refractivity contribution is 7.15. The minimum atomic E-state index is -0.0914. The molecule has 0 bridgehead atoms. The van der Waals surface area contributed by atoms with Gasteiger partial charge in [0.2, 0.25) is 0 Å². The molecule has 35 heavy (non-hydrogen) atoms. The molecule has 2 aliphatic heterocycles. The standard InChI is InChI=1S/C28H29N3O3S/c1-17-30-25(26(35-17)18-7-3-2-4-8-18)28(33)31-20(15-19-9-5-11-23(19)31)16-29-27(32)22-10-6-12-24-21(22)13-14-34-24/h2-4,6-8,10,12,19-20,23H,5,9,11,13-16H2,1H3,(H,29,32)/t19-,20-,23-/m0/s1. The van der Waals surface area contributed by atoms with Gasteiger partial charge in [-0.25, -0.2) is 4.98 Å². The summed E-state index contributed by atoms with van der Waals surface area (Å²) in [6.45, 7) is 3.02. The third-order valence-electron chi connectivity index (χ3n) is 7.64. The van der Waals surface area contributed by atoms with Crippen molar-refractivity contribution in [1.29, 1.82) is 0 Å². The summed E-state index contributed by atoms with van der Waals surface area (Å²) in [4.78, 5) is 34.8. The normalized spacial score (nSPS) is 22.5. The molecule has 2 amide bonds. The van der Waals surface area contributed by atoms with Gasteiger partial charge in [-0.1, -0.05) is 42.8 Å². The fraction of sp³-hybridized carbons (Fsp3) is 0.393. The van der Waals surface area contributed by atoms with Crippen LogP contribution in [0.4, 0.5) is 0 Å². The Balaban J connectivity index is 1.25. The maximum atomic E-state index is 14.0. The third-order valence-corrected chi connectivity index (χ3v) is 8.66. The van der Waals surface area contributed by atoms with E-state index in [4.69, 9.17) is 4.74 Å². The van der Waals surface area contributed by atoms with Crippen LogP contribution in [0.15, 0.2) is 48.5 Å². The molecule has 1 saturated carbocycles. The number of nitrogens with one attached hydrogen (secondary N) is 1. The van der Waals surface area contributed by atoms with Crippen LogP contribution in [0.2, 0.25) is 0 Å². The van der Waals surface area contributed by atoms with E-state index in [1.165, 1.54) is 0 Å². The summed E-state index contributed by atoms with van der Waals surface area (Å²) < 4.78 is 5.63. The Labute approximate surface area is 209 Å². The molecule has 2 fully saturated rings. The van der Waals surface area contributed by atoms with E-state index in [9.17, 15) is 9.59 Å². The topological polar surface area (TPSA) is 71.5 Å². The van der Waals surface area contributed by atoms with Gasteiger partial charge in [-0.2, -0.15) is 0 Å². The van der Waals surface area contributed by atoms with E-state index >= 15 is 0 Å². The smallest absolute Gasteiger partial charge is 0.274 e. The van der Waals surface area contributed by atoms with E-state index in [2.05, 4.69) is 15.2 Å². The predicted octanol–water partition coefficient (Wildman–Crippen LogP) is 4.87. The van der Waals surface area contributed by atoms with Crippen molar-refractivity contribution >= 4 is 23.2 Å². The molecule has 2 aromatic carbocycles. The second kappa shape index (κ2) is 9.11. The number of carbonyl (C=O) groups is 2. The Morgan fingerprint density at radius 1 is 1.14 bits per heavy atom. The van der Waals surface area contributed by atoms with Crippen LogP contribution in [-0.4, -0.2) is 46.9 Å². The quantitative estimate of drug-likeness (QED) is 0.558. The second-order valence-electron chi connectivity index (χ2n) is 9.73. The lowest BCUT2D eigenvalue weighted by molar-refractivity contribution is 0.0645. The number of likely N-dealkylation sites (tertiary alicyclic amines) is 1. The fourth-order valence-electron chi connectivity index (χ4n) is 6.11. The Kier molecular flexibility index (Phi) is 5.80. The number of thiazole rings is 1. The number of benzene rings is 2. The molecule has 3 atom stereocenters. The molecular formula is C28H29N3O3S. The van der Waals surface area contributed by atoms with Crippen LogP contribution in [0.5, 0.6) is 5.75 Å². The molecule has 0 radical (unpaired) electrons. The van der Waals surface area contributed by atoms with Crippen molar-refractivity contribution < 1.29 is 14.3 Å². The zero-order valence-corrected chi connectivity index (χ0v) is 20.6. The van der Waals surface area contributed by atoms with Crippen molar-refractivity contribution in [2.75, 3.05) is 13.2 Å². The third kappa shape index (κ3) is 4.01. The number of aryl methyl sites for hydroxylation is 1. The Morgan fingerprint density at radius 2 is 2.00 bits per heavy atom. The van der Waals surface area contributed by atoms with E-state index in [0.717, 1.165) is 58.9 Å². The van der Waals surface area contributed by atoms with Gasteiger partial charge < -0.3 is 15.0 Å². The average molecular weight is 488 g/mol. The van der Waals surface area contributed by atoms with Gasteiger partial charge in [-0.15, -0.1) is 11.3 Å². The molecule has 1 aromatic heterocycles. The highest BCUT2D eigenvalue weighted by Gasteiger charge is 2.47. The van der Waals surface area contributed by atoms with Crippen LogP contribution >= 0.6 is 11.3 Å². The van der Waals surface area contributed by atoms with Crippen LogP contribution in [0.1, 0.15) is 57.1 Å². The van der Waals surface area contributed by atoms with Crippen molar-refractivity contribution in [3.63, 3.8) is 0 Å². The summed E-state index contributed by atoms with van der Waals surface area (Å²) in [5.41, 5.74) is 3.22.